The molecule has 0 bridgehead atoms. The van der Waals surface area contributed by atoms with Crippen LogP contribution in [0.5, 0.6) is 0 Å². The highest BCUT2D eigenvalue weighted by Gasteiger charge is 2.26. The summed E-state index contributed by atoms with van der Waals surface area (Å²) in [5, 5.41) is 2.88. The standard InChI is InChI=1S/C19H19BrN2O2/c1-12-3-6-16(9-13(12)2)21-18(23)11-22-17-7-5-15(20)10-14(17)4-8-19(22)24/h3,5-7,9-10H,4,8,11H2,1-2H3,(H,21,23). The second-order valence-electron chi connectivity index (χ2n) is 6.10. The molecule has 1 aliphatic rings. The van der Waals surface area contributed by atoms with E-state index in [0.29, 0.717) is 12.8 Å². The average Bonchev–Trinajstić information content (AvgIpc) is 2.53. The quantitative estimate of drug-likeness (QED) is 0.866. The molecule has 0 saturated heterocycles. The highest BCUT2D eigenvalue weighted by Crippen LogP contribution is 2.30. The molecule has 5 heteroatoms. The Kier molecular flexibility index (Phi) is 4.71. The minimum absolute atomic E-state index is 0.0138. The molecule has 124 valence electrons. The highest BCUT2D eigenvalue weighted by atomic mass is 79.9. The zero-order chi connectivity index (χ0) is 17.3. The van der Waals surface area contributed by atoms with Crippen molar-refractivity contribution in [1.82, 2.24) is 0 Å². The second kappa shape index (κ2) is 6.77. The van der Waals surface area contributed by atoms with E-state index >= 15 is 0 Å². The lowest BCUT2D eigenvalue weighted by atomic mass is 10.0. The van der Waals surface area contributed by atoms with E-state index < -0.39 is 0 Å². The van der Waals surface area contributed by atoms with E-state index in [0.717, 1.165) is 27.0 Å². The summed E-state index contributed by atoms with van der Waals surface area (Å²) in [5.74, 6) is -0.206. The molecule has 1 heterocycles. The molecule has 1 N–H and O–H groups in total. The summed E-state index contributed by atoms with van der Waals surface area (Å²) >= 11 is 3.45. The topological polar surface area (TPSA) is 49.4 Å². The van der Waals surface area contributed by atoms with Crippen molar-refractivity contribution in [2.45, 2.75) is 26.7 Å². The van der Waals surface area contributed by atoms with Gasteiger partial charge in [0.25, 0.3) is 0 Å². The summed E-state index contributed by atoms with van der Waals surface area (Å²) in [6.07, 6.45) is 1.14. The van der Waals surface area contributed by atoms with Crippen LogP contribution in [0.15, 0.2) is 40.9 Å². The molecule has 0 atom stereocenters. The van der Waals surface area contributed by atoms with Gasteiger partial charge < -0.3 is 10.2 Å². The smallest absolute Gasteiger partial charge is 0.244 e. The molecule has 4 nitrogen and oxygen atoms in total. The van der Waals surface area contributed by atoms with Gasteiger partial charge in [-0.15, -0.1) is 0 Å². The van der Waals surface area contributed by atoms with E-state index in [9.17, 15) is 9.59 Å². The summed E-state index contributed by atoms with van der Waals surface area (Å²) in [6, 6.07) is 11.6. The van der Waals surface area contributed by atoms with Crippen LogP contribution in [-0.2, 0) is 16.0 Å². The fourth-order valence-electron chi connectivity index (χ4n) is 2.87. The number of hydrogen-bond acceptors (Lipinski definition) is 2. The maximum absolute atomic E-state index is 12.4. The molecule has 2 aromatic rings. The predicted molar refractivity (Wildman–Crippen MR) is 99.4 cm³/mol. The van der Waals surface area contributed by atoms with Gasteiger partial charge in [0, 0.05) is 22.3 Å². The molecule has 0 radical (unpaired) electrons. The Balaban J connectivity index is 1.76. The minimum atomic E-state index is -0.192. The molecule has 1 aliphatic heterocycles. The second-order valence-corrected chi connectivity index (χ2v) is 7.02. The fraction of sp³-hybridized carbons (Fsp3) is 0.263. The maximum atomic E-state index is 12.4. The first-order valence-corrected chi connectivity index (χ1v) is 8.69. The van der Waals surface area contributed by atoms with Gasteiger partial charge in [-0.05, 0) is 67.3 Å². The van der Waals surface area contributed by atoms with Gasteiger partial charge in [-0.1, -0.05) is 22.0 Å². The fourth-order valence-corrected chi connectivity index (χ4v) is 3.27. The van der Waals surface area contributed by atoms with Crippen molar-refractivity contribution in [3.8, 4) is 0 Å². The molecule has 2 aromatic carbocycles. The number of aryl methyl sites for hydroxylation is 3. The number of benzene rings is 2. The third-order valence-corrected chi connectivity index (χ3v) is 4.83. The molecule has 0 spiro atoms. The number of carbonyl (C=O) groups is 2. The molecule has 0 aliphatic carbocycles. The Labute approximate surface area is 150 Å². The van der Waals surface area contributed by atoms with Crippen LogP contribution >= 0.6 is 15.9 Å². The van der Waals surface area contributed by atoms with Gasteiger partial charge in [-0.25, -0.2) is 0 Å². The lowest BCUT2D eigenvalue weighted by Gasteiger charge is -2.29. The average molecular weight is 387 g/mol. The van der Waals surface area contributed by atoms with Gasteiger partial charge in [-0.2, -0.15) is 0 Å². The van der Waals surface area contributed by atoms with Crippen LogP contribution in [0, 0.1) is 13.8 Å². The lowest BCUT2D eigenvalue weighted by Crippen LogP contribution is -2.40. The third kappa shape index (κ3) is 3.51. The predicted octanol–water partition coefficient (Wildman–Crippen LogP) is 3.98. The summed E-state index contributed by atoms with van der Waals surface area (Å²) in [7, 11) is 0. The Morgan fingerprint density at radius 2 is 1.92 bits per heavy atom. The number of hydrogen-bond donors (Lipinski definition) is 1. The number of amides is 2. The van der Waals surface area contributed by atoms with Crippen LogP contribution in [0.2, 0.25) is 0 Å². The van der Waals surface area contributed by atoms with Crippen LogP contribution in [0.3, 0.4) is 0 Å². The molecular formula is C19H19BrN2O2. The normalized spacial score (nSPS) is 13.6. The van der Waals surface area contributed by atoms with E-state index in [1.807, 2.05) is 50.2 Å². The van der Waals surface area contributed by atoms with E-state index in [2.05, 4.69) is 21.2 Å². The molecule has 0 saturated carbocycles. The van der Waals surface area contributed by atoms with E-state index in [1.165, 1.54) is 5.56 Å². The first-order chi connectivity index (χ1) is 11.4. The molecule has 24 heavy (non-hydrogen) atoms. The van der Waals surface area contributed by atoms with Gasteiger partial charge in [0.1, 0.15) is 6.54 Å². The van der Waals surface area contributed by atoms with E-state index in [-0.39, 0.29) is 18.4 Å². The summed E-state index contributed by atoms with van der Waals surface area (Å²) in [5.41, 5.74) is 4.96. The monoisotopic (exact) mass is 386 g/mol. The van der Waals surface area contributed by atoms with Crippen LogP contribution in [0.25, 0.3) is 0 Å². The minimum Gasteiger partial charge on any atom is -0.325 e. The zero-order valence-corrected chi connectivity index (χ0v) is 15.3. The first-order valence-electron chi connectivity index (χ1n) is 7.90. The highest BCUT2D eigenvalue weighted by molar-refractivity contribution is 9.10. The van der Waals surface area contributed by atoms with Crippen LogP contribution in [0.1, 0.15) is 23.1 Å². The number of nitrogens with one attached hydrogen (secondary N) is 1. The third-order valence-electron chi connectivity index (χ3n) is 4.33. The molecular weight excluding hydrogens is 368 g/mol. The zero-order valence-electron chi connectivity index (χ0n) is 13.7. The Bertz CT molecular complexity index is 817. The molecule has 0 aromatic heterocycles. The SMILES string of the molecule is Cc1ccc(NC(=O)CN2C(=O)CCc3cc(Br)ccc32)cc1C. The van der Waals surface area contributed by atoms with Crippen molar-refractivity contribution in [2.24, 2.45) is 0 Å². The van der Waals surface area contributed by atoms with Crippen molar-refractivity contribution < 1.29 is 9.59 Å². The van der Waals surface area contributed by atoms with Gasteiger partial charge in [0.05, 0.1) is 0 Å². The summed E-state index contributed by atoms with van der Waals surface area (Å²) in [4.78, 5) is 26.2. The molecule has 2 amide bonds. The number of carbonyl (C=O) groups excluding carboxylic acids is 2. The van der Waals surface area contributed by atoms with Crippen molar-refractivity contribution >= 4 is 39.1 Å². The van der Waals surface area contributed by atoms with Gasteiger partial charge in [-0.3, -0.25) is 9.59 Å². The van der Waals surface area contributed by atoms with Gasteiger partial charge in [0.15, 0.2) is 0 Å². The molecule has 3 rings (SSSR count). The number of halogens is 1. The Hall–Kier alpha value is -2.14. The lowest BCUT2D eigenvalue weighted by molar-refractivity contribution is -0.121. The molecule has 0 unspecified atom stereocenters. The summed E-state index contributed by atoms with van der Waals surface area (Å²) < 4.78 is 0.982. The number of anilines is 2. The largest absolute Gasteiger partial charge is 0.325 e. The summed E-state index contributed by atoms with van der Waals surface area (Å²) in [6.45, 7) is 4.07. The van der Waals surface area contributed by atoms with Crippen LogP contribution < -0.4 is 10.2 Å². The molecule has 0 fully saturated rings. The van der Waals surface area contributed by atoms with Crippen molar-refractivity contribution in [3.05, 3.63) is 57.6 Å². The van der Waals surface area contributed by atoms with Crippen LogP contribution in [-0.4, -0.2) is 18.4 Å². The van der Waals surface area contributed by atoms with Crippen molar-refractivity contribution in [1.29, 1.82) is 0 Å². The number of nitrogens with zero attached hydrogens (tertiary/aromatic N) is 1. The maximum Gasteiger partial charge on any atom is 0.244 e. The Morgan fingerprint density at radius 1 is 1.12 bits per heavy atom. The van der Waals surface area contributed by atoms with Gasteiger partial charge in [0.2, 0.25) is 11.8 Å². The Morgan fingerprint density at radius 3 is 2.67 bits per heavy atom. The van der Waals surface area contributed by atoms with Gasteiger partial charge >= 0.3 is 0 Å². The van der Waals surface area contributed by atoms with Crippen LogP contribution in [0.4, 0.5) is 11.4 Å². The van der Waals surface area contributed by atoms with Crippen molar-refractivity contribution in [3.63, 3.8) is 0 Å². The van der Waals surface area contributed by atoms with Crippen molar-refractivity contribution in [2.75, 3.05) is 16.8 Å². The van der Waals surface area contributed by atoms with E-state index in [1.54, 1.807) is 4.90 Å². The first kappa shape index (κ1) is 16.7. The number of fused-ring (bicyclic) bond motifs is 1. The van der Waals surface area contributed by atoms with E-state index in [4.69, 9.17) is 0 Å². The number of rotatable bonds is 3.